The van der Waals surface area contributed by atoms with Crippen molar-refractivity contribution in [2.75, 3.05) is 18.8 Å². The lowest BCUT2D eigenvalue weighted by atomic mass is 9.98. The zero-order valence-electron chi connectivity index (χ0n) is 15.1. The maximum Gasteiger partial charge on any atom is 0.270 e. The molecule has 2 N–H and O–H groups in total. The number of rotatable bonds is 4. The highest BCUT2D eigenvalue weighted by Crippen LogP contribution is 2.32. The highest BCUT2D eigenvalue weighted by molar-refractivity contribution is 7.89. The standard InChI is InChI=1S/C16H25N5O4S/c1-3-26(24,25)21-9-12(18-15(23)13-8-17-11-20(13)2)14(22)19-16(10-21)6-4-5-7-16/h8,11-12H,3-7,9-10H2,1-2H3,(H,18,23)(H,19,22). The van der Waals surface area contributed by atoms with Crippen LogP contribution in [0.2, 0.25) is 0 Å². The minimum absolute atomic E-state index is 0.0420. The molecule has 1 unspecified atom stereocenters. The Hall–Kier alpha value is -1.94. The first-order chi connectivity index (χ1) is 12.3. The van der Waals surface area contributed by atoms with E-state index in [1.807, 2.05) is 0 Å². The Labute approximate surface area is 153 Å². The van der Waals surface area contributed by atoms with Gasteiger partial charge in [0.05, 0.1) is 23.8 Å². The highest BCUT2D eigenvalue weighted by atomic mass is 32.2. The third-order valence-electron chi connectivity index (χ3n) is 5.24. The summed E-state index contributed by atoms with van der Waals surface area (Å²) in [6.45, 7) is 1.78. The van der Waals surface area contributed by atoms with Crippen molar-refractivity contribution in [1.82, 2.24) is 24.5 Å². The Morgan fingerprint density at radius 3 is 2.69 bits per heavy atom. The van der Waals surface area contributed by atoms with Crippen molar-refractivity contribution in [3.63, 3.8) is 0 Å². The number of hydrogen-bond acceptors (Lipinski definition) is 5. The van der Waals surface area contributed by atoms with Gasteiger partial charge in [-0.3, -0.25) is 9.59 Å². The highest BCUT2D eigenvalue weighted by Gasteiger charge is 2.45. The predicted molar refractivity (Wildman–Crippen MR) is 94.8 cm³/mol. The molecule has 144 valence electrons. The van der Waals surface area contributed by atoms with Crippen molar-refractivity contribution in [3.8, 4) is 0 Å². The average Bonchev–Trinajstić information content (AvgIpc) is 3.19. The normalized spacial score (nSPS) is 23.6. The molecule has 1 aromatic heterocycles. The Balaban J connectivity index is 1.86. The van der Waals surface area contributed by atoms with Crippen LogP contribution in [0.3, 0.4) is 0 Å². The summed E-state index contributed by atoms with van der Waals surface area (Å²) in [5, 5.41) is 5.68. The Morgan fingerprint density at radius 1 is 1.42 bits per heavy atom. The fraction of sp³-hybridized carbons (Fsp3) is 0.688. The van der Waals surface area contributed by atoms with Crippen LogP contribution in [0.15, 0.2) is 12.5 Å². The molecule has 10 heteroatoms. The van der Waals surface area contributed by atoms with E-state index in [9.17, 15) is 18.0 Å². The second kappa shape index (κ2) is 6.99. The van der Waals surface area contributed by atoms with Crippen molar-refractivity contribution >= 4 is 21.8 Å². The molecular formula is C16H25N5O4S. The molecule has 1 aliphatic carbocycles. The molecule has 2 heterocycles. The van der Waals surface area contributed by atoms with E-state index in [-0.39, 0.29) is 24.7 Å². The molecule has 1 aliphatic heterocycles. The minimum Gasteiger partial charge on any atom is -0.348 e. The van der Waals surface area contributed by atoms with Crippen molar-refractivity contribution in [3.05, 3.63) is 18.2 Å². The lowest BCUT2D eigenvalue weighted by molar-refractivity contribution is -0.124. The first-order valence-corrected chi connectivity index (χ1v) is 10.4. The summed E-state index contributed by atoms with van der Waals surface area (Å²) >= 11 is 0. The van der Waals surface area contributed by atoms with Gasteiger partial charge in [0.2, 0.25) is 15.9 Å². The van der Waals surface area contributed by atoms with E-state index in [0.717, 1.165) is 25.7 Å². The van der Waals surface area contributed by atoms with Crippen LogP contribution in [0.4, 0.5) is 0 Å². The van der Waals surface area contributed by atoms with Crippen LogP contribution in [0.25, 0.3) is 0 Å². The second-order valence-electron chi connectivity index (χ2n) is 7.09. The predicted octanol–water partition coefficient (Wildman–Crippen LogP) is -0.387. The summed E-state index contributed by atoms with van der Waals surface area (Å²) in [5.74, 6) is -0.836. The zero-order chi connectivity index (χ0) is 18.9. The molecule has 0 aromatic carbocycles. The molecule has 26 heavy (non-hydrogen) atoms. The second-order valence-corrected chi connectivity index (χ2v) is 9.34. The molecule has 1 saturated heterocycles. The fourth-order valence-corrected chi connectivity index (χ4v) is 4.91. The molecule has 1 aromatic rings. The lowest BCUT2D eigenvalue weighted by Crippen LogP contribution is -2.54. The molecular weight excluding hydrogens is 358 g/mol. The monoisotopic (exact) mass is 383 g/mol. The summed E-state index contributed by atoms with van der Waals surface area (Å²) in [6, 6.07) is -0.946. The van der Waals surface area contributed by atoms with Gasteiger partial charge < -0.3 is 15.2 Å². The summed E-state index contributed by atoms with van der Waals surface area (Å²) in [6.07, 6.45) is 6.29. The van der Waals surface area contributed by atoms with E-state index in [4.69, 9.17) is 0 Å². The topological polar surface area (TPSA) is 113 Å². The zero-order valence-corrected chi connectivity index (χ0v) is 15.9. The van der Waals surface area contributed by atoms with Gasteiger partial charge in [0, 0.05) is 20.1 Å². The first kappa shape index (κ1) is 18.8. The van der Waals surface area contributed by atoms with E-state index in [1.165, 1.54) is 16.8 Å². The summed E-state index contributed by atoms with van der Waals surface area (Å²) in [4.78, 5) is 29.1. The van der Waals surface area contributed by atoms with Crippen LogP contribution in [-0.4, -0.2) is 64.5 Å². The van der Waals surface area contributed by atoms with Crippen LogP contribution in [0.1, 0.15) is 43.1 Å². The van der Waals surface area contributed by atoms with Gasteiger partial charge in [0.15, 0.2) is 0 Å². The number of aryl methyl sites for hydroxylation is 1. The third-order valence-corrected chi connectivity index (χ3v) is 7.04. The van der Waals surface area contributed by atoms with Gasteiger partial charge >= 0.3 is 0 Å². The molecule has 1 saturated carbocycles. The quantitative estimate of drug-likeness (QED) is 0.735. The molecule has 2 amide bonds. The van der Waals surface area contributed by atoms with E-state index < -0.39 is 27.5 Å². The van der Waals surface area contributed by atoms with Gasteiger partial charge in [-0.05, 0) is 19.8 Å². The SMILES string of the molecule is CCS(=O)(=O)N1CC(NC(=O)c2cncn2C)C(=O)NC2(CCCC2)C1. The average molecular weight is 383 g/mol. The molecule has 0 bridgehead atoms. The number of sulfonamides is 1. The van der Waals surface area contributed by atoms with Gasteiger partial charge in [-0.1, -0.05) is 12.8 Å². The fourth-order valence-electron chi connectivity index (χ4n) is 3.73. The number of amides is 2. The van der Waals surface area contributed by atoms with Crippen LogP contribution < -0.4 is 10.6 Å². The molecule has 0 radical (unpaired) electrons. The van der Waals surface area contributed by atoms with Crippen molar-refractivity contribution in [2.24, 2.45) is 7.05 Å². The largest absolute Gasteiger partial charge is 0.348 e. The van der Waals surface area contributed by atoms with Crippen LogP contribution in [0.5, 0.6) is 0 Å². The lowest BCUT2D eigenvalue weighted by Gasteiger charge is -2.32. The van der Waals surface area contributed by atoms with Crippen molar-refractivity contribution in [1.29, 1.82) is 0 Å². The third kappa shape index (κ3) is 3.61. The number of carbonyl (C=O) groups excluding carboxylic acids is 2. The summed E-state index contributed by atoms with van der Waals surface area (Å²) in [7, 11) is -1.81. The number of carbonyl (C=O) groups is 2. The number of hydrogen-bond donors (Lipinski definition) is 2. The maximum absolute atomic E-state index is 12.8. The van der Waals surface area contributed by atoms with Crippen molar-refractivity contribution in [2.45, 2.75) is 44.2 Å². The number of imidazole rings is 1. The summed E-state index contributed by atoms with van der Waals surface area (Å²) < 4.78 is 28.0. The van der Waals surface area contributed by atoms with Gasteiger partial charge in [0.1, 0.15) is 11.7 Å². The Bertz CT molecular complexity index is 797. The molecule has 2 fully saturated rings. The van der Waals surface area contributed by atoms with Gasteiger partial charge in [-0.25, -0.2) is 13.4 Å². The Morgan fingerprint density at radius 2 is 2.12 bits per heavy atom. The number of nitrogens with one attached hydrogen (secondary N) is 2. The van der Waals surface area contributed by atoms with E-state index in [0.29, 0.717) is 5.69 Å². The number of nitrogens with zero attached hydrogens (tertiary/aromatic N) is 3. The Kier molecular flexibility index (Phi) is 5.07. The van der Waals surface area contributed by atoms with Crippen LogP contribution in [-0.2, 0) is 21.9 Å². The van der Waals surface area contributed by atoms with E-state index >= 15 is 0 Å². The minimum atomic E-state index is -3.49. The molecule has 3 rings (SSSR count). The smallest absolute Gasteiger partial charge is 0.270 e. The van der Waals surface area contributed by atoms with Gasteiger partial charge in [0.25, 0.3) is 5.91 Å². The van der Waals surface area contributed by atoms with Gasteiger partial charge in [-0.15, -0.1) is 0 Å². The van der Waals surface area contributed by atoms with Crippen LogP contribution >= 0.6 is 0 Å². The van der Waals surface area contributed by atoms with Gasteiger partial charge in [-0.2, -0.15) is 4.31 Å². The van der Waals surface area contributed by atoms with Crippen molar-refractivity contribution < 1.29 is 18.0 Å². The number of aromatic nitrogens is 2. The van der Waals surface area contributed by atoms with E-state index in [2.05, 4.69) is 15.6 Å². The summed E-state index contributed by atoms with van der Waals surface area (Å²) in [5.41, 5.74) is -0.228. The molecule has 9 nitrogen and oxygen atoms in total. The first-order valence-electron chi connectivity index (χ1n) is 8.83. The van der Waals surface area contributed by atoms with Crippen LogP contribution in [0, 0.1) is 0 Å². The van der Waals surface area contributed by atoms with E-state index in [1.54, 1.807) is 18.5 Å². The molecule has 1 atom stereocenters. The maximum atomic E-state index is 12.8. The molecule has 2 aliphatic rings. The molecule has 1 spiro atoms.